The lowest BCUT2D eigenvalue weighted by Gasteiger charge is -2.08. The molecule has 1 aliphatic rings. The normalized spacial score (nSPS) is 24.6. The third kappa shape index (κ3) is 3.80. The summed E-state index contributed by atoms with van der Waals surface area (Å²) in [5, 5.41) is 0. The number of benzene rings is 1. The van der Waals surface area contributed by atoms with Gasteiger partial charge in [-0.1, -0.05) is 30.3 Å². The van der Waals surface area contributed by atoms with Crippen molar-refractivity contribution in [2.75, 3.05) is 13.9 Å². The van der Waals surface area contributed by atoms with Crippen molar-refractivity contribution in [3.05, 3.63) is 35.9 Å². The minimum Gasteiger partial charge on any atom is -0.367 e. The van der Waals surface area contributed by atoms with E-state index in [2.05, 4.69) is 24.3 Å². The zero-order valence-electron chi connectivity index (χ0n) is 10.5. The minimum absolute atomic E-state index is 0.121. The molecule has 3 nitrogen and oxygen atoms in total. The lowest BCUT2D eigenvalue weighted by molar-refractivity contribution is -0.0726. The van der Waals surface area contributed by atoms with Gasteiger partial charge in [0.25, 0.3) is 0 Å². The van der Waals surface area contributed by atoms with E-state index in [0.717, 1.165) is 12.8 Å². The molecule has 1 saturated heterocycles. The van der Waals surface area contributed by atoms with Gasteiger partial charge in [-0.25, -0.2) is 0 Å². The molecule has 1 heterocycles. The molecule has 2 rings (SSSR count). The van der Waals surface area contributed by atoms with E-state index in [1.807, 2.05) is 13.0 Å². The second-order valence-corrected chi connectivity index (χ2v) is 4.44. The van der Waals surface area contributed by atoms with Crippen molar-refractivity contribution in [3.63, 3.8) is 0 Å². The maximum absolute atomic E-state index is 5.62. The van der Waals surface area contributed by atoms with Crippen LogP contribution in [-0.2, 0) is 20.6 Å². The van der Waals surface area contributed by atoms with Gasteiger partial charge in [-0.15, -0.1) is 0 Å². The molecule has 0 unspecified atom stereocenters. The van der Waals surface area contributed by atoms with E-state index in [1.165, 1.54) is 5.56 Å². The van der Waals surface area contributed by atoms with Crippen molar-refractivity contribution in [1.82, 2.24) is 0 Å². The van der Waals surface area contributed by atoms with Crippen LogP contribution in [0.25, 0.3) is 0 Å². The zero-order valence-corrected chi connectivity index (χ0v) is 10.5. The molecule has 1 aromatic carbocycles. The van der Waals surface area contributed by atoms with Crippen molar-refractivity contribution in [1.29, 1.82) is 0 Å². The summed E-state index contributed by atoms with van der Waals surface area (Å²) in [7, 11) is 1.63. The second-order valence-electron chi connectivity index (χ2n) is 4.44. The number of aryl methyl sites for hydroxylation is 1. The maximum Gasteiger partial charge on any atom is 0.146 e. The topological polar surface area (TPSA) is 31.0 Å². The predicted molar refractivity (Wildman–Crippen MR) is 65.8 cm³/mol. The Morgan fingerprint density at radius 2 is 2.06 bits per heavy atom. The Hall–Kier alpha value is -0.900. The van der Waals surface area contributed by atoms with Crippen LogP contribution in [0.5, 0.6) is 0 Å². The van der Waals surface area contributed by atoms with Gasteiger partial charge >= 0.3 is 0 Å². The van der Waals surface area contributed by atoms with Gasteiger partial charge in [-0.2, -0.15) is 0 Å². The monoisotopic (exact) mass is 236 g/mol. The lowest BCUT2D eigenvalue weighted by atomic mass is 10.1. The first kappa shape index (κ1) is 12.6. The zero-order chi connectivity index (χ0) is 12.1. The summed E-state index contributed by atoms with van der Waals surface area (Å²) in [4.78, 5) is 0. The summed E-state index contributed by atoms with van der Waals surface area (Å²) in [6.45, 7) is 2.37. The van der Waals surface area contributed by atoms with Gasteiger partial charge in [0.05, 0.1) is 12.2 Å². The molecule has 0 bridgehead atoms. The van der Waals surface area contributed by atoms with Crippen molar-refractivity contribution in [2.45, 2.75) is 38.1 Å². The number of methoxy groups -OCH3 is 1. The smallest absolute Gasteiger partial charge is 0.146 e. The number of ether oxygens (including phenoxy) is 3. The molecule has 0 aliphatic carbocycles. The van der Waals surface area contributed by atoms with E-state index in [4.69, 9.17) is 14.2 Å². The van der Waals surface area contributed by atoms with Gasteiger partial charge in [0.2, 0.25) is 0 Å². The highest BCUT2D eigenvalue weighted by Crippen LogP contribution is 2.30. The molecule has 94 valence electrons. The third-order valence-corrected chi connectivity index (χ3v) is 3.09. The van der Waals surface area contributed by atoms with Gasteiger partial charge in [0, 0.05) is 7.11 Å². The first-order chi connectivity index (χ1) is 8.31. The number of rotatable bonds is 7. The maximum atomic E-state index is 5.62. The average Bonchev–Trinajstić information content (AvgIpc) is 3.14. The van der Waals surface area contributed by atoms with E-state index in [1.54, 1.807) is 7.11 Å². The van der Waals surface area contributed by atoms with E-state index in [9.17, 15) is 0 Å². The van der Waals surface area contributed by atoms with Crippen LogP contribution in [0.4, 0.5) is 0 Å². The van der Waals surface area contributed by atoms with Crippen LogP contribution in [0.1, 0.15) is 18.9 Å². The molecule has 3 heteroatoms. The Labute approximate surface area is 103 Å². The van der Waals surface area contributed by atoms with Crippen LogP contribution in [-0.4, -0.2) is 32.2 Å². The van der Waals surface area contributed by atoms with Gasteiger partial charge in [-0.3, -0.25) is 0 Å². The summed E-state index contributed by atoms with van der Waals surface area (Å²) in [6, 6.07) is 10.5. The standard InChI is InChI=1S/C14H20O3/c1-11(16-10-15-2)14-13(17-14)9-8-12-6-4-3-5-7-12/h3-7,11,13-14H,8-10H2,1-2H3/t11-,13-,14-/m0/s1. The van der Waals surface area contributed by atoms with Gasteiger partial charge in [0.15, 0.2) is 0 Å². The van der Waals surface area contributed by atoms with Crippen LogP contribution in [0.3, 0.4) is 0 Å². The summed E-state index contributed by atoms with van der Waals surface area (Å²) in [5.74, 6) is 0. The molecule has 0 saturated carbocycles. The first-order valence-electron chi connectivity index (χ1n) is 6.11. The Morgan fingerprint density at radius 1 is 1.29 bits per heavy atom. The predicted octanol–water partition coefficient (Wildman–Crippen LogP) is 2.40. The van der Waals surface area contributed by atoms with Gasteiger partial charge < -0.3 is 14.2 Å². The first-order valence-corrected chi connectivity index (χ1v) is 6.11. The summed E-state index contributed by atoms with van der Waals surface area (Å²) in [6.07, 6.45) is 2.85. The molecule has 0 amide bonds. The highest BCUT2D eigenvalue weighted by Gasteiger charge is 2.42. The van der Waals surface area contributed by atoms with Crippen molar-refractivity contribution in [2.24, 2.45) is 0 Å². The second kappa shape index (κ2) is 6.15. The Bertz CT molecular complexity index is 325. The van der Waals surface area contributed by atoms with Gasteiger partial charge in [0.1, 0.15) is 12.9 Å². The van der Waals surface area contributed by atoms with Crippen LogP contribution in [0, 0.1) is 0 Å². The van der Waals surface area contributed by atoms with Crippen molar-refractivity contribution < 1.29 is 14.2 Å². The molecular formula is C14H20O3. The van der Waals surface area contributed by atoms with E-state index < -0.39 is 0 Å². The molecular weight excluding hydrogens is 216 g/mol. The largest absolute Gasteiger partial charge is 0.367 e. The molecule has 0 aromatic heterocycles. The van der Waals surface area contributed by atoms with Crippen LogP contribution in [0.2, 0.25) is 0 Å². The fourth-order valence-corrected chi connectivity index (χ4v) is 2.03. The van der Waals surface area contributed by atoms with Crippen molar-refractivity contribution >= 4 is 0 Å². The van der Waals surface area contributed by atoms with Crippen LogP contribution < -0.4 is 0 Å². The van der Waals surface area contributed by atoms with Gasteiger partial charge in [-0.05, 0) is 25.3 Å². The minimum atomic E-state index is 0.121. The van der Waals surface area contributed by atoms with Crippen molar-refractivity contribution in [3.8, 4) is 0 Å². The SMILES string of the molecule is COCO[C@@H](C)[C@@H]1O[C@H]1CCc1ccccc1. The number of hydrogen-bond donors (Lipinski definition) is 0. The number of epoxide rings is 1. The fraction of sp³-hybridized carbons (Fsp3) is 0.571. The summed E-state index contributed by atoms with van der Waals surface area (Å²) >= 11 is 0. The van der Waals surface area contributed by atoms with E-state index in [-0.39, 0.29) is 12.2 Å². The Balaban J connectivity index is 1.66. The summed E-state index contributed by atoms with van der Waals surface area (Å²) < 4.78 is 15.9. The third-order valence-electron chi connectivity index (χ3n) is 3.09. The number of hydrogen-bond acceptors (Lipinski definition) is 3. The quantitative estimate of drug-likeness (QED) is 0.538. The van der Waals surface area contributed by atoms with E-state index >= 15 is 0 Å². The highest BCUT2D eigenvalue weighted by atomic mass is 16.7. The summed E-state index contributed by atoms with van der Waals surface area (Å²) in [5.41, 5.74) is 1.37. The average molecular weight is 236 g/mol. The molecule has 0 N–H and O–H groups in total. The lowest BCUT2D eigenvalue weighted by Crippen LogP contribution is -2.19. The Morgan fingerprint density at radius 3 is 2.76 bits per heavy atom. The van der Waals surface area contributed by atoms with Crippen LogP contribution >= 0.6 is 0 Å². The Kier molecular flexibility index (Phi) is 4.54. The molecule has 3 atom stereocenters. The van der Waals surface area contributed by atoms with Crippen LogP contribution in [0.15, 0.2) is 30.3 Å². The molecule has 17 heavy (non-hydrogen) atoms. The molecule has 0 radical (unpaired) electrons. The molecule has 1 fully saturated rings. The highest BCUT2D eigenvalue weighted by molar-refractivity contribution is 5.15. The molecule has 1 aliphatic heterocycles. The molecule has 1 aromatic rings. The molecule has 0 spiro atoms. The van der Waals surface area contributed by atoms with E-state index in [0.29, 0.717) is 12.9 Å². The fourth-order valence-electron chi connectivity index (χ4n) is 2.03.